The zero-order valence-corrected chi connectivity index (χ0v) is 30.2. The number of rotatable bonds is 21. The topological polar surface area (TPSA) is 94.1 Å². The van der Waals surface area contributed by atoms with Crippen LogP contribution >= 0.6 is 0 Å². The molecule has 0 aromatic heterocycles. The fourth-order valence-corrected chi connectivity index (χ4v) is 5.80. The van der Waals surface area contributed by atoms with Gasteiger partial charge in [-0.25, -0.2) is 0 Å². The molecular weight excluding hydrogens is 636 g/mol. The summed E-state index contributed by atoms with van der Waals surface area (Å²) in [5.41, 5.74) is 2.87. The Labute approximate surface area is 298 Å². The molecule has 3 aromatic carbocycles. The summed E-state index contributed by atoms with van der Waals surface area (Å²) in [6, 6.07) is 23.1. The highest BCUT2D eigenvalue weighted by Gasteiger charge is 2.48. The molecule has 1 aliphatic heterocycles. The zero-order valence-electron chi connectivity index (χ0n) is 30.2. The molecule has 272 valence electrons. The Morgan fingerprint density at radius 3 is 1.70 bits per heavy atom. The molecule has 4 rings (SSSR count). The standard InChI is InChI=1S/C41H54O9/c1-6-7-8-9-10-11-12-13-30(2)49-41-38(42)40(48-28-33-18-24-36(45-5)25-19-33)39(47-27-32-16-22-35(44-4)23-17-32)37(50-41)29-46-26-31-14-20-34(43-3)21-15-31/h14-25,30,37-42H,8-13,26-29H2,1-5H3/t30-,37+,38+,39+,40+,41+/m0/s1. The van der Waals surface area contributed by atoms with Crippen molar-refractivity contribution in [1.82, 2.24) is 0 Å². The maximum atomic E-state index is 11.8. The van der Waals surface area contributed by atoms with Crippen LogP contribution in [-0.2, 0) is 43.5 Å². The Morgan fingerprint density at radius 1 is 0.680 bits per heavy atom. The number of ether oxygens (including phenoxy) is 8. The van der Waals surface area contributed by atoms with Crippen LogP contribution in [0.3, 0.4) is 0 Å². The van der Waals surface area contributed by atoms with Gasteiger partial charge in [0.25, 0.3) is 0 Å². The molecule has 1 aliphatic rings. The lowest BCUT2D eigenvalue weighted by Crippen LogP contribution is -2.61. The summed E-state index contributed by atoms with van der Waals surface area (Å²) >= 11 is 0. The van der Waals surface area contributed by atoms with Crippen LogP contribution < -0.4 is 14.2 Å². The minimum absolute atomic E-state index is 0.134. The molecule has 0 spiro atoms. The minimum atomic E-state index is -1.11. The first-order chi connectivity index (χ1) is 24.4. The van der Waals surface area contributed by atoms with Gasteiger partial charge in [-0.15, -0.1) is 11.8 Å². The van der Waals surface area contributed by atoms with Crippen LogP contribution in [0, 0.1) is 11.8 Å². The molecule has 0 bridgehead atoms. The molecule has 0 radical (unpaired) electrons. The molecular formula is C41H54O9. The van der Waals surface area contributed by atoms with Gasteiger partial charge in [-0.05, 0) is 79.8 Å². The number of aliphatic hydroxyl groups is 1. The molecule has 1 heterocycles. The third-order valence-electron chi connectivity index (χ3n) is 8.73. The summed E-state index contributed by atoms with van der Waals surface area (Å²) in [6.07, 6.45) is 1.94. The van der Waals surface area contributed by atoms with Crippen molar-refractivity contribution in [2.75, 3.05) is 27.9 Å². The normalized spacial score (nSPS) is 20.8. The van der Waals surface area contributed by atoms with E-state index in [9.17, 15) is 5.11 Å². The van der Waals surface area contributed by atoms with E-state index < -0.39 is 30.7 Å². The second-order valence-electron chi connectivity index (χ2n) is 12.5. The van der Waals surface area contributed by atoms with Gasteiger partial charge in [0, 0.05) is 6.42 Å². The van der Waals surface area contributed by atoms with E-state index in [1.807, 2.05) is 86.6 Å². The predicted octanol–water partition coefficient (Wildman–Crippen LogP) is 7.25. The molecule has 1 N–H and O–H groups in total. The molecule has 9 heteroatoms. The van der Waals surface area contributed by atoms with E-state index >= 15 is 0 Å². The van der Waals surface area contributed by atoms with E-state index in [0.29, 0.717) is 6.61 Å². The van der Waals surface area contributed by atoms with Crippen molar-refractivity contribution in [3.05, 3.63) is 89.5 Å². The highest BCUT2D eigenvalue weighted by molar-refractivity contribution is 5.28. The lowest BCUT2D eigenvalue weighted by atomic mass is 9.98. The summed E-state index contributed by atoms with van der Waals surface area (Å²) in [5, 5.41) is 11.8. The van der Waals surface area contributed by atoms with Crippen molar-refractivity contribution in [3.8, 4) is 29.1 Å². The van der Waals surface area contributed by atoms with Gasteiger partial charge in [-0.1, -0.05) is 55.7 Å². The summed E-state index contributed by atoms with van der Waals surface area (Å²) in [6.45, 7) is 4.98. The molecule has 0 unspecified atom stereocenters. The van der Waals surface area contributed by atoms with Crippen molar-refractivity contribution in [3.63, 3.8) is 0 Å². The summed E-state index contributed by atoms with van der Waals surface area (Å²) in [4.78, 5) is 0. The van der Waals surface area contributed by atoms with Gasteiger partial charge >= 0.3 is 0 Å². The third kappa shape index (κ3) is 12.6. The van der Waals surface area contributed by atoms with E-state index in [2.05, 4.69) is 11.8 Å². The monoisotopic (exact) mass is 690 g/mol. The van der Waals surface area contributed by atoms with Gasteiger partial charge in [-0.2, -0.15) is 0 Å². The Morgan fingerprint density at radius 2 is 1.18 bits per heavy atom. The number of aliphatic hydroxyl groups excluding tert-OH is 1. The molecule has 0 aliphatic carbocycles. The Kier molecular flexibility index (Phi) is 16.9. The Balaban J connectivity index is 1.49. The second kappa shape index (κ2) is 21.6. The second-order valence-corrected chi connectivity index (χ2v) is 12.5. The number of hydrogen-bond acceptors (Lipinski definition) is 9. The van der Waals surface area contributed by atoms with E-state index in [1.54, 1.807) is 21.3 Å². The summed E-state index contributed by atoms with van der Waals surface area (Å²) in [5.74, 6) is 8.38. The molecule has 0 amide bonds. The van der Waals surface area contributed by atoms with Gasteiger partial charge in [0.05, 0.1) is 53.9 Å². The van der Waals surface area contributed by atoms with Crippen molar-refractivity contribution in [2.45, 2.75) is 109 Å². The number of benzene rings is 3. The van der Waals surface area contributed by atoms with Crippen LogP contribution in [0.1, 0.15) is 69.1 Å². The highest BCUT2D eigenvalue weighted by atomic mass is 16.7. The van der Waals surface area contributed by atoms with Crippen molar-refractivity contribution >= 4 is 0 Å². The SMILES string of the molecule is CC#CCCCCCC[C@H](C)O[C@@H]1O[C@H](COCc2ccc(OC)cc2)[C@@H](OCc2ccc(OC)cc2)[C@H](OCc2ccc(OC)cc2)[C@H]1O. The smallest absolute Gasteiger partial charge is 0.186 e. The largest absolute Gasteiger partial charge is 0.497 e. The number of hydrogen-bond donors (Lipinski definition) is 1. The molecule has 1 saturated heterocycles. The maximum absolute atomic E-state index is 11.8. The fraction of sp³-hybridized carbons (Fsp3) is 0.512. The van der Waals surface area contributed by atoms with Crippen molar-refractivity contribution in [1.29, 1.82) is 0 Å². The molecule has 3 aromatic rings. The van der Waals surface area contributed by atoms with Crippen LogP contribution in [0.25, 0.3) is 0 Å². The van der Waals surface area contributed by atoms with Gasteiger partial charge < -0.3 is 43.0 Å². The lowest BCUT2D eigenvalue weighted by molar-refractivity contribution is -0.326. The molecule has 50 heavy (non-hydrogen) atoms. The van der Waals surface area contributed by atoms with Gasteiger partial charge in [0.2, 0.25) is 0 Å². The zero-order chi connectivity index (χ0) is 35.6. The molecule has 9 nitrogen and oxygen atoms in total. The van der Waals surface area contributed by atoms with Gasteiger partial charge in [0.1, 0.15) is 41.7 Å². The first-order valence-corrected chi connectivity index (χ1v) is 17.5. The number of unbranched alkanes of at least 4 members (excludes halogenated alkanes) is 4. The van der Waals surface area contributed by atoms with Crippen LogP contribution in [0.15, 0.2) is 72.8 Å². The van der Waals surface area contributed by atoms with Crippen molar-refractivity contribution < 1.29 is 43.0 Å². The van der Waals surface area contributed by atoms with E-state index in [4.69, 9.17) is 37.9 Å². The summed E-state index contributed by atoms with van der Waals surface area (Å²) < 4.78 is 48.1. The number of methoxy groups -OCH3 is 3. The van der Waals surface area contributed by atoms with Gasteiger partial charge in [0.15, 0.2) is 6.29 Å². The van der Waals surface area contributed by atoms with E-state index in [0.717, 1.165) is 72.5 Å². The van der Waals surface area contributed by atoms with E-state index in [1.165, 1.54) is 0 Å². The van der Waals surface area contributed by atoms with Crippen LogP contribution in [0.4, 0.5) is 0 Å². The first-order valence-electron chi connectivity index (χ1n) is 17.5. The minimum Gasteiger partial charge on any atom is -0.497 e. The Hall–Kier alpha value is -3.62. The van der Waals surface area contributed by atoms with Gasteiger partial charge in [-0.3, -0.25) is 0 Å². The maximum Gasteiger partial charge on any atom is 0.186 e. The average molecular weight is 691 g/mol. The summed E-state index contributed by atoms with van der Waals surface area (Å²) in [7, 11) is 4.91. The molecule has 1 fully saturated rings. The van der Waals surface area contributed by atoms with Crippen LogP contribution in [0.2, 0.25) is 0 Å². The van der Waals surface area contributed by atoms with Crippen LogP contribution in [0.5, 0.6) is 17.2 Å². The molecule has 6 atom stereocenters. The average Bonchev–Trinajstić information content (AvgIpc) is 3.15. The van der Waals surface area contributed by atoms with Crippen LogP contribution in [-0.4, -0.2) is 69.9 Å². The quantitative estimate of drug-likeness (QED) is 0.0916. The lowest BCUT2D eigenvalue weighted by Gasteiger charge is -2.44. The van der Waals surface area contributed by atoms with E-state index in [-0.39, 0.29) is 25.9 Å². The third-order valence-corrected chi connectivity index (χ3v) is 8.73. The Bertz CT molecular complexity index is 1420. The predicted molar refractivity (Wildman–Crippen MR) is 192 cm³/mol. The fourth-order valence-electron chi connectivity index (χ4n) is 5.80. The first kappa shape index (κ1) is 39.2. The highest BCUT2D eigenvalue weighted by Crippen LogP contribution is 2.31. The van der Waals surface area contributed by atoms with Crippen molar-refractivity contribution in [2.24, 2.45) is 0 Å². The molecule has 0 saturated carbocycles.